The van der Waals surface area contributed by atoms with Crippen LogP contribution in [0, 0.1) is 30.0 Å². The second-order valence-electron chi connectivity index (χ2n) is 8.01. The maximum atomic E-state index is 13.0. The number of esters is 1. The van der Waals surface area contributed by atoms with Gasteiger partial charge in [-0.1, -0.05) is 12.1 Å². The van der Waals surface area contributed by atoms with E-state index in [2.05, 4.69) is 4.98 Å². The van der Waals surface area contributed by atoms with Gasteiger partial charge >= 0.3 is 5.97 Å². The standard InChI is InChI=1S/C22H23FN4O5S/c1-13(2)32-22(29)19-8-16(9-24)20(25-14(19)3)27-10-17(11-27)21(28)26-33(30,31)12-15-4-6-18(23)7-5-15/h4-8,13,17H,10-12H2,1-3H3,(H,26,28). The van der Waals surface area contributed by atoms with Gasteiger partial charge in [-0.05, 0) is 44.5 Å². The molecular weight excluding hydrogens is 451 g/mol. The van der Waals surface area contributed by atoms with E-state index >= 15 is 0 Å². The molecule has 2 heterocycles. The number of sulfonamides is 1. The number of aromatic nitrogens is 1. The first-order valence-corrected chi connectivity index (χ1v) is 11.8. The van der Waals surface area contributed by atoms with E-state index in [4.69, 9.17) is 4.74 Å². The molecule has 0 atom stereocenters. The minimum Gasteiger partial charge on any atom is -0.459 e. The molecule has 0 aliphatic carbocycles. The fourth-order valence-electron chi connectivity index (χ4n) is 3.29. The first kappa shape index (κ1) is 24.1. The molecule has 0 unspecified atom stereocenters. The summed E-state index contributed by atoms with van der Waals surface area (Å²) in [6.45, 7) is 5.37. The highest BCUT2D eigenvalue weighted by Gasteiger charge is 2.36. The van der Waals surface area contributed by atoms with Gasteiger partial charge in [0, 0.05) is 13.1 Å². The minimum absolute atomic E-state index is 0.152. The molecule has 0 saturated carbocycles. The molecule has 1 aliphatic heterocycles. The van der Waals surface area contributed by atoms with Crippen LogP contribution in [0.1, 0.15) is 41.0 Å². The lowest BCUT2D eigenvalue weighted by molar-refractivity contribution is -0.123. The highest BCUT2D eigenvalue weighted by molar-refractivity contribution is 7.89. The second kappa shape index (κ2) is 9.54. The molecule has 3 rings (SSSR count). The summed E-state index contributed by atoms with van der Waals surface area (Å²) in [7, 11) is -3.95. The van der Waals surface area contributed by atoms with Crippen molar-refractivity contribution in [3.8, 4) is 6.07 Å². The number of hydrogen-bond acceptors (Lipinski definition) is 8. The Morgan fingerprint density at radius 2 is 1.94 bits per heavy atom. The number of benzene rings is 1. The predicted octanol–water partition coefficient (Wildman–Crippen LogP) is 2.05. The lowest BCUT2D eigenvalue weighted by Crippen LogP contribution is -2.55. The fourth-order valence-corrected chi connectivity index (χ4v) is 4.47. The number of carbonyl (C=O) groups is 2. The summed E-state index contributed by atoms with van der Waals surface area (Å²) < 4.78 is 44.7. The molecule has 1 aromatic heterocycles. The van der Waals surface area contributed by atoms with Gasteiger partial charge in [0.15, 0.2) is 0 Å². The number of halogens is 1. The molecule has 0 spiro atoms. The Balaban J connectivity index is 1.65. The van der Waals surface area contributed by atoms with Crippen LogP contribution in [-0.2, 0) is 25.3 Å². The van der Waals surface area contributed by atoms with E-state index in [0.717, 1.165) is 12.1 Å². The number of ether oxygens (including phenoxy) is 1. The Morgan fingerprint density at radius 1 is 1.30 bits per heavy atom. The van der Waals surface area contributed by atoms with Gasteiger partial charge in [-0.15, -0.1) is 0 Å². The Labute approximate surface area is 191 Å². The SMILES string of the molecule is Cc1nc(N2CC(C(=O)NS(=O)(=O)Cc3ccc(F)cc3)C2)c(C#N)cc1C(=O)OC(C)C. The molecule has 1 saturated heterocycles. The summed E-state index contributed by atoms with van der Waals surface area (Å²) in [5.41, 5.74) is 1.07. The summed E-state index contributed by atoms with van der Waals surface area (Å²) in [5.74, 6) is -2.49. The third-order valence-electron chi connectivity index (χ3n) is 4.95. The summed E-state index contributed by atoms with van der Waals surface area (Å²) >= 11 is 0. The van der Waals surface area contributed by atoms with Crippen LogP contribution in [0.3, 0.4) is 0 Å². The van der Waals surface area contributed by atoms with E-state index in [1.165, 1.54) is 18.2 Å². The van der Waals surface area contributed by atoms with Gasteiger partial charge in [0.1, 0.15) is 17.7 Å². The molecule has 174 valence electrons. The van der Waals surface area contributed by atoms with E-state index in [9.17, 15) is 27.7 Å². The molecule has 1 fully saturated rings. The maximum absolute atomic E-state index is 13.0. The van der Waals surface area contributed by atoms with Crippen LogP contribution in [0.25, 0.3) is 0 Å². The summed E-state index contributed by atoms with van der Waals surface area (Å²) in [5, 5.41) is 9.50. The fraction of sp³-hybridized carbons (Fsp3) is 0.364. The third kappa shape index (κ3) is 5.84. The summed E-state index contributed by atoms with van der Waals surface area (Å²) in [6, 6.07) is 8.37. The van der Waals surface area contributed by atoms with E-state index < -0.39 is 39.4 Å². The van der Waals surface area contributed by atoms with Gasteiger partial charge in [-0.3, -0.25) is 9.52 Å². The second-order valence-corrected chi connectivity index (χ2v) is 9.73. The topological polar surface area (TPSA) is 129 Å². The van der Waals surface area contributed by atoms with Crippen molar-refractivity contribution in [1.82, 2.24) is 9.71 Å². The number of nitrogens with one attached hydrogen (secondary N) is 1. The van der Waals surface area contributed by atoms with Gasteiger partial charge in [-0.2, -0.15) is 5.26 Å². The lowest BCUT2D eigenvalue weighted by atomic mass is 9.98. The number of anilines is 1. The number of amides is 1. The van der Waals surface area contributed by atoms with Crippen LogP contribution in [0.15, 0.2) is 30.3 Å². The number of nitrogens with zero attached hydrogens (tertiary/aromatic N) is 3. The largest absolute Gasteiger partial charge is 0.459 e. The molecular formula is C22H23FN4O5S. The summed E-state index contributed by atoms with van der Waals surface area (Å²) in [6.07, 6.45) is -0.323. The zero-order valence-electron chi connectivity index (χ0n) is 18.3. The predicted molar refractivity (Wildman–Crippen MR) is 117 cm³/mol. The van der Waals surface area contributed by atoms with Crippen molar-refractivity contribution in [3.63, 3.8) is 0 Å². The van der Waals surface area contributed by atoms with Crippen molar-refractivity contribution in [2.24, 2.45) is 5.92 Å². The van der Waals surface area contributed by atoms with E-state index in [-0.39, 0.29) is 30.3 Å². The van der Waals surface area contributed by atoms with Crippen molar-refractivity contribution < 1.29 is 27.1 Å². The summed E-state index contributed by atoms with van der Waals surface area (Å²) in [4.78, 5) is 30.6. The highest BCUT2D eigenvalue weighted by Crippen LogP contribution is 2.28. The monoisotopic (exact) mass is 474 g/mol. The third-order valence-corrected chi connectivity index (χ3v) is 6.18. The van der Waals surface area contributed by atoms with Crippen LogP contribution < -0.4 is 9.62 Å². The van der Waals surface area contributed by atoms with Gasteiger partial charge in [0.2, 0.25) is 15.9 Å². The number of hydrogen-bond donors (Lipinski definition) is 1. The number of aryl methyl sites for hydroxylation is 1. The van der Waals surface area contributed by atoms with Crippen molar-refractivity contribution >= 4 is 27.7 Å². The Morgan fingerprint density at radius 3 is 2.52 bits per heavy atom. The van der Waals surface area contributed by atoms with Crippen LogP contribution in [0.5, 0.6) is 0 Å². The number of carbonyl (C=O) groups excluding carboxylic acids is 2. The number of rotatable bonds is 7. The van der Waals surface area contributed by atoms with Gasteiger partial charge < -0.3 is 9.64 Å². The minimum atomic E-state index is -3.95. The number of pyridine rings is 1. The lowest BCUT2D eigenvalue weighted by Gasteiger charge is -2.39. The van der Waals surface area contributed by atoms with Crippen LogP contribution in [-0.4, -0.2) is 44.5 Å². The van der Waals surface area contributed by atoms with Crippen LogP contribution in [0.2, 0.25) is 0 Å². The average Bonchev–Trinajstić information content (AvgIpc) is 2.67. The first-order valence-electron chi connectivity index (χ1n) is 10.2. The molecule has 9 nitrogen and oxygen atoms in total. The smallest absolute Gasteiger partial charge is 0.340 e. The zero-order chi connectivity index (χ0) is 24.3. The number of nitriles is 1. The first-order chi connectivity index (χ1) is 15.5. The van der Waals surface area contributed by atoms with Crippen molar-refractivity contribution in [2.75, 3.05) is 18.0 Å². The molecule has 0 radical (unpaired) electrons. The van der Waals surface area contributed by atoms with Crippen LogP contribution in [0.4, 0.5) is 10.2 Å². The zero-order valence-corrected chi connectivity index (χ0v) is 19.1. The van der Waals surface area contributed by atoms with Gasteiger partial charge in [-0.25, -0.2) is 22.6 Å². The Hall–Kier alpha value is -3.52. The van der Waals surface area contributed by atoms with Crippen molar-refractivity contribution in [2.45, 2.75) is 32.6 Å². The Kier molecular flexibility index (Phi) is 6.98. The highest BCUT2D eigenvalue weighted by atomic mass is 32.2. The average molecular weight is 475 g/mol. The molecule has 1 amide bonds. The van der Waals surface area contributed by atoms with Crippen LogP contribution >= 0.6 is 0 Å². The molecule has 1 aliphatic rings. The van der Waals surface area contributed by atoms with E-state index in [1.807, 2.05) is 10.8 Å². The molecule has 1 aromatic carbocycles. The molecule has 33 heavy (non-hydrogen) atoms. The van der Waals surface area contributed by atoms with Crippen molar-refractivity contribution in [1.29, 1.82) is 5.26 Å². The molecule has 11 heteroatoms. The maximum Gasteiger partial charge on any atom is 0.340 e. The molecule has 2 aromatic rings. The van der Waals surface area contributed by atoms with E-state index in [0.29, 0.717) is 17.1 Å². The van der Waals surface area contributed by atoms with Gasteiger partial charge in [0.25, 0.3) is 0 Å². The Bertz CT molecular complexity index is 1220. The van der Waals surface area contributed by atoms with Gasteiger partial charge in [0.05, 0.1) is 34.6 Å². The molecule has 1 N–H and O–H groups in total. The quantitative estimate of drug-likeness (QED) is 0.604. The normalized spacial score (nSPS) is 13.9. The van der Waals surface area contributed by atoms with Crippen molar-refractivity contribution in [3.05, 3.63) is 58.5 Å². The molecule has 0 bridgehead atoms. The van der Waals surface area contributed by atoms with E-state index in [1.54, 1.807) is 25.7 Å².